The van der Waals surface area contributed by atoms with Gasteiger partial charge in [0.25, 0.3) is 5.91 Å². The maximum Gasteiger partial charge on any atom is 0.429 e. The number of nitrogens with zero attached hydrogens (tertiary/aromatic N) is 1. The molecule has 1 N–H and O–H groups in total. The Balaban J connectivity index is 3.02. The summed E-state index contributed by atoms with van der Waals surface area (Å²) in [6, 6.07) is 4.81. The normalized spacial score (nSPS) is 15.1. The molecule has 3 nitrogen and oxygen atoms in total. The van der Waals surface area contributed by atoms with Crippen LogP contribution in [0.3, 0.4) is 0 Å². The number of hydrogen-bond donors (Lipinski definition) is 1. The monoisotopic (exact) mass is 464 g/mol. The number of hydrogen-bond acceptors (Lipinski definition) is 2. The molecular formula is C22H29Cl2F3N2O. The van der Waals surface area contributed by atoms with Crippen LogP contribution >= 0.6 is 23.2 Å². The second kappa shape index (κ2) is 12.4. The average molecular weight is 465 g/mol. The molecule has 0 saturated carbocycles. The van der Waals surface area contributed by atoms with Crippen molar-refractivity contribution in [1.29, 1.82) is 0 Å². The molecule has 168 valence electrons. The van der Waals surface area contributed by atoms with E-state index in [-0.39, 0.29) is 33.9 Å². The maximum absolute atomic E-state index is 13.0. The highest BCUT2D eigenvalue weighted by Gasteiger charge is 2.34. The first-order valence-corrected chi connectivity index (χ1v) is 10.7. The van der Waals surface area contributed by atoms with Gasteiger partial charge < -0.3 is 5.32 Å². The van der Waals surface area contributed by atoms with Crippen molar-refractivity contribution in [2.75, 3.05) is 13.6 Å². The van der Waals surface area contributed by atoms with E-state index in [9.17, 15) is 18.0 Å². The molecule has 0 bridgehead atoms. The Bertz CT molecular complexity index is 776. The van der Waals surface area contributed by atoms with Crippen LogP contribution in [0.2, 0.25) is 10.0 Å². The summed E-state index contributed by atoms with van der Waals surface area (Å²) in [5.74, 6) is -0.0880. The minimum absolute atomic E-state index is 0.0850. The largest absolute Gasteiger partial charge is 0.429 e. The summed E-state index contributed by atoms with van der Waals surface area (Å²) in [4.78, 5) is 16.0. The van der Waals surface area contributed by atoms with E-state index in [1.165, 1.54) is 0 Å². The molecule has 2 atom stereocenters. The van der Waals surface area contributed by atoms with Crippen LogP contribution in [-0.2, 0) is 0 Å². The van der Waals surface area contributed by atoms with E-state index >= 15 is 0 Å². The van der Waals surface area contributed by atoms with Crippen LogP contribution in [0.4, 0.5) is 13.2 Å². The summed E-state index contributed by atoms with van der Waals surface area (Å²) in [5, 5.41) is 3.33. The summed E-state index contributed by atoms with van der Waals surface area (Å²) in [7, 11) is 1.15. The minimum atomic E-state index is -4.45. The fourth-order valence-corrected chi connectivity index (χ4v) is 3.56. The third kappa shape index (κ3) is 7.95. The van der Waals surface area contributed by atoms with E-state index in [1.807, 2.05) is 6.92 Å². The predicted molar refractivity (Wildman–Crippen MR) is 119 cm³/mol. The number of halogens is 5. The van der Waals surface area contributed by atoms with Crippen molar-refractivity contribution in [2.24, 2.45) is 16.8 Å². The lowest BCUT2D eigenvalue weighted by atomic mass is 9.86. The van der Waals surface area contributed by atoms with E-state index in [0.717, 1.165) is 25.5 Å². The Labute approximate surface area is 186 Å². The van der Waals surface area contributed by atoms with Crippen LogP contribution in [0.1, 0.15) is 56.8 Å². The standard InChI is InChI=1S/C22H29Cl2F3N2O/c1-5-14(3)12-16(15(6-2)10-11-19(28-4)22(25,26)27)13-29-21(30)17-8-7-9-18(23)20(17)24/h7-10,14,16H,5-6,11-13H2,1-4H3,(H,29,30)/b15-10+,28-19?. The molecule has 0 saturated heterocycles. The van der Waals surface area contributed by atoms with Gasteiger partial charge in [-0.3, -0.25) is 9.79 Å². The van der Waals surface area contributed by atoms with Crippen molar-refractivity contribution in [1.82, 2.24) is 5.32 Å². The van der Waals surface area contributed by atoms with E-state index in [0.29, 0.717) is 18.9 Å². The number of allylic oxidation sites excluding steroid dienone is 1. The first-order valence-electron chi connectivity index (χ1n) is 9.98. The lowest BCUT2D eigenvalue weighted by molar-refractivity contribution is -0.0600. The Morgan fingerprint density at radius 1 is 1.27 bits per heavy atom. The quantitative estimate of drug-likeness (QED) is 0.290. The molecule has 0 radical (unpaired) electrons. The topological polar surface area (TPSA) is 41.5 Å². The van der Waals surface area contributed by atoms with E-state index in [2.05, 4.69) is 24.2 Å². The van der Waals surface area contributed by atoms with Gasteiger partial charge in [-0.1, -0.05) is 68.1 Å². The van der Waals surface area contributed by atoms with E-state index in [4.69, 9.17) is 23.2 Å². The molecule has 0 fully saturated rings. The van der Waals surface area contributed by atoms with E-state index < -0.39 is 11.9 Å². The van der Waals surface area contributed by atoms with E-state index in [1.54, 1.807) is 24.3 Å². The number of carbonyl (C=O) groups is 1. The van der Waals surface area contributed by atoms with Crippen LogP contribution in [0.25, 0.3) is 0 Å². The van der Waals surface area contributed by atoms with Gasteiger partial charge in [0, 0.05) is 20.0 Å². The number of rotatable bonds is 10. The molecule has 0 aromatic heterocycles. The van der Waals surface area contributed by atoms with Crippen LogP contribution < -0.4 is 5.32 Å². The Kier molecular flexibility index (Phi) is 10.9. The zero-order valence-electron chi connectivity index (χ0n) is 17.7. The summed E-state index contributed by atoms with van der Waals surface area (Å²) in [6.07, 6.45) is -0.858. The molecular weight excluding hydrogens is 436 g/mol. The van der Waals surface area contributed by atoms with Gasteiger partial charge >= 0.3 is 6.18 Å². The summed E-state index contributed by atoms with van der Waals surface area (Å²) >= 11 is 12.1. The fourth-order valence-electron chi connectivity index (χ4n) is 3.17. The highest BCUT2D eigenvalue weighted by molar-refractivity contribution is 6.43. The van der Waals surface area contributed by atoms with Gasteiger partial charge in [-0.05, 0) is 36.8 Å². The van der Waals surface area contributed by atoms with Crippen molar-refractivity contribution in [2.45, 2.75) is 52.6 Å². The molecule has 8 heteroatoms. The number of benzene rings is 1. The van der Waals surface area contributed by atoms with Crippen molar-refractivity contribution in [3.05, 3.63) is 45.5 Å². The molecule has 1 rings (SSSR count). The fraction of sp³-hybridized carbons (Fsp3) is 0.545. The zero-order chi connectivity index (χ0) is 22.9. The van der Waals surface area contributed by atoms with Crippen LogP contribution in [-0.4, -0.2) is 31.4 Å². The van der Waals surface area contributed by atoms with Gasteiger partial charge in [-0.2, -0.15) is 13.2 Å². The number of carbonyl (C=O) groups excluding carboxylic acids is 1. The van der Waals surface area contributed by atoms with Gasteiger partial charge in [-0.15, -0.1) is 0 Å². The molecule has 0 aliphatic rings. The van der Waals surface area contributed by atoms with Gasteiger partial charge in [0.1, 0.15) is 5.71 Å². The Morgan fingerprint density at radius 2 is 1.93 bits per heavy atom. The number of aliphatic imine (C=N–C) groups is 1. The highest BCUT2D eigenvalue weighted by Crippen LogP contribution is 2.28. The molecule has 1 aromatic carbocycles. The summed E-state index contributed by atoms with van der Waals surface area (Å²) < 4.78 is 39.0. The first kappa shape index (κ1) is 26.5. The molecule has 1 amide bonds. The average Bonchev–Trinajstić information content (AvgIpc) is 2.69. The van der Waals surface area contributed by atoms with Crippen LogP contribution in [0, 0.1) is 11.8 Å². The van der Waals surface area contributed by atoms with Crippen LogP contribution in [0.15, 0.2) is 34.8 Å². The van der Waals surface area contributed by atoms with Crippen LogP contribution in [0.5, 0.6) is 0 Å². The Hall–Kier alpha value is -1.53. The van der Waals surface area contributed by atoms with Crippen molar-refractivity contribution in [3.8, 4) is 0 Å². The molecule has 0 heterocycles. The molecule has 2 unspecified atom stereocenters. The molecule has 0 aliphatic carbocycles. The first-order chi connectivity index (χ1) is 14.0. The zero-order valence-corrected chi connectivity index (χ0v) is 19.3. The summed E-state index contributed by atoms with van der Waals surface area (Å²) in [5.41, 5.74) is 0.328. The smallest absolute Gasteiger partial charge is 0.351 e. The van der Waals surface area contributed by atoms with Gasteiger partial charge in [0.05, 0.1) is 15.6 Å². The van der Waals surface area contributed by atoms with Gasteiger partial charge in [0.2, 0.25) is 0 Å². The van der Waals surface area contributed by atoms with Crippen molar-refractivity contribution in [3.63, 3.8) is 0 Å². The highest BCUT2D eigenvalue weighted by atomic mass is 35.5. The van der Waals surface area contributed by atoms with Crippen molar-refractivity contribution >= 4 is 34.8 Å². The number of alkyl halides is 3. The second-order valence-corrected chi connectivity index (χ2v) is 8.05. The van der Waals surface area contributed by atoms with Gasteiger partial charge in [-0.25, -0.2) is 0 Å². The Morgan fingerprint density at radius 3 is 2.47 bits per heavy atom. The molecule has 1 aromatic rings. The lowest BCUT2D eigenvalue weighted by Gasteiger charge is -2.24. The third-order valence-electron chi connectivity index (χ3n) is 5.18. The number of amides is 1. The minimum Gasteiger partial charge on any atom is -0.351 e. The molecule has 0 spiro atoms. The van der Waals surface area contributed by atoms with Gasteiger partial charge in [0.15, 0.2) is 0 Å². The SMILES string of the molecule is CC/C(=C\CC(=NC)C(F)(F)F)C(CNC(=O)c1cccc(Cl)c1Cl)CC(C)CC. The predicted octanol–water partition coefficient (Wildman–Crippen LogP) is 7.14. The molecule has 0 aliphatic heterocycles. The van der Waals surface area contributed by atoms with Crippen molar-refractivity contribution < 1.29 is 18.0 Å². The maximum atomic E-state index is 13.0. The third-order valence-corrected chi connectivity index (χ3v) is 6.00. The second-order valence-electron chi connectivity index (χ2n) is 7.26. The lowest BCUT2D eigenvalue weighted by Crippen LogP contribution is -2.31. The summed E-state index contributed by atoms with van der Waals surface area (Å²) in [6.45, 7) is 6.36. The number of nitrogens with one attached hydrogen (secondary N) is 1. The molecule has 30 heavy (non-hydrogen) atoms.